The van der Waals surface area contributed by atoms with E-state index in [2.05, 4.69) is 29.4 Å². The van der Waals surface area contributed by atoms with Gasteiger partial charge in [-0.15, -0.1) is 0 Å². The molecule has 98 valence electrons. The molecule has 0 saturated heterocycles. The second-order valence-corrected chi connectivity index (χ2v) is 4.72. The SMILES string of the molecule is Cn1cc(-c2ccc(-c3ccc(C=O)cc3)cc2)cn1. The van der Waals surface area contributed by atoms with E-state index in [0.717, 1.165) is 28.5 Å². The van der Waals surface area contributed by atoms with Crippen LogP contribution in [0.4, 0.5) is 0 Å². The Labute approximate surface area is 117 Å². The van der Waals surface area contributed by atoms with Crippen molar-refractivity contribution in [3.8, 4) is 22.3 Å². The van der Waals surface area contributed by atoms with E-state index in [1.54, 1.807) is 4.68 Å². The van der Waals surface area contributed by atoms with Crippen LogP contribution < -0.4 is 0 Å². The number of rotatable bonds is 3. The smallest absolute Gasteiger partial charge is 0.150 e. The second kappa shape index (κ2) is 5.13. The van der Waals surface area contributed by atoms with E-state index in [0.29, 0.717) is 5.56 Å². The molecule has 0 aliphatic rings. The number of carbonyl (C=O) groups is 1. The fraction of sp³-hybridized carbons (Fsp3) is 0.0588. The fourth-order valence-electron chi connectivity index (χ4n) is 2.18. The summed E-state index contributed by atoms with van der Waals surface area (Å²) in [6, 6.07) is 15.9. The summed E-state index contributed by atoms with van der Waals surface area (Å²) < 4.78 is 1.79. The highest BCUT2D eigenvalue weighted by Crippen LogP contribution is 2.24. The maximum Gasteiger partial charge on any atom is 0.150 e. The minimum Gasteiger partial charge on any atom is -0.298 e. The molecular formula is C17H14N2O. The molecule has 0 atom stereocenters. The third-order valence-electron chi connectivity index (χ3n) is 3.30. The van der Waals surface area contributed by atoms with E-state index in [4.69, 9.17) is 0 Å². The first kappa shape index (κ1) is 12.4. The van der Waals surface area contributed by atoms with E-state index < -0.39 is 0 Å². The van der Waals surface area contributed by atoms with Gasteiger partial charge in [-0.1, -0.05) is 48.5 Å². The minimum absolute atomic E-state index is 0.695. The molecule has 0 spiro atoms. The maximum atomic E-state index is 10.6. The van der Waals surface area contributed by atoms with Crippen LogP contribution in [0.25, 0.3) is 22.3 Å². The Bertz CT molecular complexity index is 724. The molecule has 0 fully saturated rings. The lowest BCUT2D eigenvalue weighted by molar-refractivity contribution is 0.112. The van der Waals surface area contributed by atoms with E-state index in [9.17, 15) is 4.79 Å². The minimum atomic E-state index is 0.695. The van der Waals surface area contributed by atoms with Gasteiger partial charge in [0.2, 0.25) is 0 Å². The monoisotopic (exact) mass is 262 g/mol. The number of nitrogens with zero attached hydrogens (tertiary/aromatic N) is 2. The van der Waals surface area contributed by atoms with Crippen molar-refractivity contribution in [3.63, 3.8) is 0 Å². The van der Waals surface area contributed by atoms with Gasteiger partial charge < -0.3 is 0 Å². The van der Waals surface area contributed by atoms with E-state index in [-0.39, 0.29) is 0 Å². The summed E-state index contributed by atoms with van der Waals surface area (Å²) >= 11 is 0. The highest BCUT2D eigenvalue weighted by molar-refractivity contribution is 5.77. The van der Waals surface area contributed by atoms with Crippen molar-refractivity contribution in [2.45, 2.75) is 0 Å². The van der Waals surface area contributed by atoms with Gasteiger partial charge in [-0.25, -0.2) is 0 Å². The topological polar surface area (TPSA) is 34.9 Å². The summed E-state index contributed by atoms with van der Waals surface area (Å²) in [6.45, 7) is 0. The molecule has 0 unspecified atom stereocenters. The Morgan fingerprint density at radius 1 is 0.850 bits per heavy atom. The molecule has 0 amide bonds. The van der Waals surface area contributed by atoms with Crippen LogP contribution in [0.1, 0.15) is 10.4 Å². The zero-order valence-electron chi connectivity index (χ0n) is 11.2. The van der Waals surface area contributed by atoms with Gasteiger partial charge >= 0.3 is 0 Å². The second-order valence-electron chi connectivity index (χ2n) is 4.72. The first-order valence-electron chi connectivity index (χ1n) is 6.41. The van der Waals surface area contributed by atoms with Crippen LogP contribution in [0.5, 0.6) is 0 Å². The van der Waals surface area contributed by atoms with Crippen molar-refractivity contribution in [2.75, 3.05) is 0 Å². The van der Waals surface area contributed by atoms with Gasteiger partial charge in [0.1, 0.15) is 6.29 Å². The summed E-state index contributed by atoms with van der Waals surface area (Å²) in [6.07, 6.45) is 4.71. The largest absolute Gasteiger partial charge is 0.298 e. The molecule has 0 bridgehead atoms. The molecule has 3 nitrogen and oxygen atoms in total. The van der Waals surface area contributed by atoms with Gasteiger partial charge in [0.25, 0.3) is 0 Å². The third kappa shape index (κ3) is 2.38. The van der Waals surface area contributed by atoms with Gasteiger partial charge in [0.15, 0.2) is 0 Å². The third-order valence-corrected chi connectivity index (χ3v) is 3.30. The summed E-state index contributed by atoms with van der Waals surface area (Å²) in [5.41, 5.74) is 5.19. The Hall–Kier alpha value is -2.68. The van der Waals surface area contributed by atoms with Crippen LogP contribution in [0.3, 0.4) is 0 Å². The molecule has 0 saturated carbocycles. The number of carbonyl (C=O) groups excluding carboxylic acids is 1. The average Bonchev–Trinajstić information content (AvgIpc) is 2.94. The summed E-state index contributed by atoms with van der Waals surface area (Å²) in [5, 5.41) is 4.18. The Balaban J connectivity index is 1.90. The number of aldehydes is 1. The molecule has 1 heterocycles. The molecule has 0 N–H and O–H groups in total. The lowest BCUT2D eigenvalue weighted by Gasteiger charge is -2.03. The fourth-order valence-corrected chi connectivity index (χ4v) is 2.18. The van der Waals surface area contributed by atoms with Crippen LogP contribution in [0.15, 0.2) is 60.9 Å². The first-order chi connectivity index (χ1) is 9.76. The predicted molar refractivity (Wildman–Crippen MR) is 79.5 cm³/mol. The Morgan fingerprint density at radius 3 is 1.80 bits per heavy atom. The normalized spacial score (nSPS) is 10.4. The van der Waals surface area contributed by atoms with Crippen molar-refractivity contribution < 1.29 is 4.79 Å². The number of hydrogen-bond donors (Lipinski definition) is 0. The first-order valence-corrected chi connectivity index (χ1v) is 6.41. The van der Waals surface area contributed by atoms with Crippen LogP contribution in [0.2, 0.25) is 0 Å². The average molecular weight is 262 g/mol. The quantitative estimate of drug-likeness (QED) is 0.676. The molecule has 0 aliphatic carbocycles. The molecule has 3 aromatic rings. The lowest BCUT2D eigenvalue weighted by Crippen LogP contribution is -1.84. The van der Waals surface area contributed by atoms with Gasteiger partial charge in [-0.2, -0.15) is 5.10 Å². The lowest BCUT2D eigenvalue weighted by atomic mass is 10.0. The number of benzene rings is 2. The number of aromatic nitrogens is 2. The summed E-state index contributed by atoms with van der Waals surface area (Å²) in [7, 11) is 1.91. The molecule has 0 aliphatic heterocycles. The van der Waals surface area contributed by atoms with Crippen LogP contribution >= 0.6 is 0 Å². The number of hydrogen-bond acceptors (Lipinski definition) is 2. The van der Waals surface area contributed by atoms with Crippen LogP contribution in [-0.2, 0) is 7.05 Å². The van der Waals surface area contributed by atoms with Crippen molar-refractivity contribution >= 4 is 6.29 Å². The van der Waals surface area contributed by atoms with Gasteiger partial charge in [-0.3, -0.25) is 9.48 Å². The van der Waals surface area contributed by atoms with E-state index in [1.165, 1.54) is 0 Å². The zero-order chi connectivity index (χ0) is 13.9. The van der Waals surface area contributed by atoms with Crippen molar-refractivity contribution in [3.05, 3.63) is 66.5 Å². The molecule has 1 aromatic heterocycles. The standard InChI is InChI=1S/C17H14N2O/c1-19-11-17(10-18-19)16-8-6-15(7-9-16)14-4-2-13(12-20)3-5-14/h2-12H,1H3. The van der Waals surface area contributed by atoms with E-state index in [1.807, 2.05) is 43.7 Å². The molecule has 3 heteroatoms. The summed E-state index contributed by atoms with van der Waals surface area (Å²) in [4.78, 5) is 10.6. The maximum absolute atomic E-state index is 10.6. The Morgan fingerprint density at radius 2 is 1.35 bits per heavy atom. The van der Waals surface area contributed by atoms with E-state index >= 15 is 0 Å². The molecule has 20 heavy (non-hydrogen) atoms. The highest BCUT2D eigenvalue weighted by Gasteiger charge is 2.02. The molecular weight excluding hydrogens is 248 g/mol. The zero-order valence-corrected chi connectivity index (χ0v) is 11.2. The van der Waals surface area contributed by atoms with Crippen LogP contribution in [-0.4, -0.2) is 16.1 Å². The highest BCUT2D eigenvalue weighted by atomic mass is 16.1. The van der Waals surface area contributed by atoms with Gasteiger partial charge in [0, 0.05) is 24.4 Å². The van der Waals surface area contributed by atoms with Crippen molar-refractivity contribution in [1.29, 1.82) is 0 Å². The summed E-state index contributed by atoms with van der Waals surface area (Å²) in [5.74, 6) is 0. The molecule has 2 aromatic carbocycles. The predicted octanol–water partition coefficient (Wildman–Crippen LogP) is 3.57. The Kier molecular flexibility index (Phi) is 3.17. The molecule has 0 radical (unpaired) electrons. The van der Waals surface area contributed by atoms with Crippen molar-refractivity contribution in [2.24, 2.45) is 7.05 Å². The molecule has 3 rings (SSSR count). The van der Waals surface area contributed by atoms with Crippen LogP contribution in [0, 0.1) is 0 Å². The van der Waals surface area contributed by atoms with Crippen molar-refractivity contribution in [1.82, 2.24) is 9.78 Å². The number of aryl methyl sites for hydroxylation is 1. The van der Waals surface area contributed by atoms with Gasteiger partial charge in [0.05, 0.1) is 6.20 Å². The van der Waals surface area contributed by atoms with Gasteiger partial charge in [-0.05, 0) is 16.7 Å².